The maximum atomic E-state index is 14.1. The van der Waals surface area contributed by atoms with Crippen molar-refractivity contribution in [2.75, 3.05) is 0 Å². The van der Waals surface area contributed by atoms with Crippen LogP contribution in [0.2, 0.25) is 0 Å². The number of benzene rings is 2. The van der Waals surface area contributed by atoms with Gasteiger partial charge in [0.05, 0.1) is 36.1 Å². The molecule has 8 nitrogen and oxygen atoms in total. The van der Waals surface area contributed by atoms with Crippen molar-refractivity contribution in [3.05, 3.63) is 82.9 Å². The minimum Gasteiger partial charge on any atom is -0.478 e. The lowest BCUT2D eigenvalue weighted by molar-refractivity contribution is 0.0697. The van der Waals surface area contributed by atoms with E-state index in [4.69, 9.17) is 9.63 Å². The molecule has 0 fully saturated rings. The summed E-state index contributed by atoms with van der Waals surface area (Å²) in [4.78, 5) is 18.3. The van der Waals surface area contributed by atoms with Gasteiger partial charge in [0.1, 0.15) is 17.2 Å². The minimum absolute atomic E-state index is 0.0492. The van der Waals surface area contributed by atoms with Gasteiger partial charge in [-0.3, -0.25) is 5.01 Å². The van der Waals surface area contributed by atoms with Crippen molar-refractivity contribution in [1.29, 1.82) is 0 Å². The largest absolute Gasteiger partial charge is 0.478 e. The van der Waals surface area contributed by atoms with Crippen molar-refractivity contribution in [2.45, 2.75) is 13.1 Å². The predicted octanol–water partition coefficient (Wildman–Crippen LogP) is 4.06. The number of carboxylic acids is 1. The van der Waals surface area contributed by atoms with E-state index in [1.165, 1.54) is 30.5 Å². The molecule has 0 radical (unpaired) electrons. The summed E-state index contributed by atoms with van der Waals surface area (Å²) in [6.45, 7) is 0.679. The molecule has 160 valence electrons. The highest BCUT2D eigenvalue weighted by Crippen LogP contribution is 2.26. The van der Waals surface area contributed by atoms with E-state index in [1.54, 1.807) is 23.2 Å². The normalized spacial score (nSPS) is 12.8. The van der Waals surface area contributed by atoms with Crippen molar-refractivity contribution < 1.29 is 23.2 Å². The Bertz CT molecular complexity index is 1340. The zero-order valence-electron chi connectivity index (χ0n) is 16.4. The van der Waals surface area contributed by atoms with Gasteiger partial charge < -0.3 is 14.6 Å². The highest BCUT2D eigenvalue weighted by molar-refractivity contribution is 5.88. The Hall–Kier alpha value is -4.34. The van der Waals surface area contributed by atoms with Gasteiger partial charge in [0, 0.05) is 11.6 Å². The molecule has 2 aromatic carbocycles. The summed E-state index contributed by atoms with van der Waals surface area (Å²) in [5.41, 5.74) is 2.80. The molecular weight excluding hydrogens is 420 g/mol. The number of hydrazone groups is 1. The van der Waals surface area contributed by atoms with Crippen molar-refractivity contribution >= 4 is 12.2 Å². The molecule has 0 spiro atoms. The van der Waals surface area contributed by atoms with Gasteiger partial charge in [-0.15, -0.1) is 0 Å². The van der Waals surface area contributed by atoms with Crippen LogP contribution in [0.15, 0.2) is 58.2 Å². The van der Waals surface area contributed by atoms with Gasteiger partial charge in [-0.2, -0.15) is 5.10 Å². The molecule has 0 saturated carbocycles. The van der Waals surface area contributed by atoms with Gasteiger partial charge >= 0.3 is 5.97 Å². The summed E-state index contributed by atoms with van der Waals surface area (Å²) in [6.07, 6.45) is 1.54. The molecule has 2 aromatic heterocycles. The van der Waals surface area contributed by atoms with Crippen LogP contribution in [0, 0.1) is 11.6 Å². The van der Waals surface area contributed by atoms with Crippen LogP contribution in [0.25, 0.3) is 22.6 Å². The standard InChI is InChI=1S/C22H15F2N5O3/c23-16-3-1-2-15(20(16)24)21-26-18-9-25-29(11-19(18)27-21)10-14-8-17(28-32-14)12-4-6-13(7-5-12)22(30)31/h1-9H,10-11H2,(H,26,27)(H,30,31). The zero-order chi connectivity index (χ0) is 22.2. The Kier molecular flexibility index (Phi) is 4.74. The number of imidazole rings is 1. The molecule has 3 heterocycles. The van der Waals surface area contributed by atoms with E-state index in [0.29, 0.717) is 35.9 Å². The topological polar surface area (TPSA) is 108 Å². The second-order valence-electron chi connectivity index (χ2n) is 7.18. The van der Waals surface area contributed by atoms with E-state index >= 15 is 0 Å². The molecule has 5 rings (SSSR count). The summed E-state index contributed by atoms with van der Waals surface area (Å²) in [6, 6.07) is 12.0. The molecule has 10 heteroatoms. The fourth-order valence-corrected chi connectivity index (χ4v) is 3.41. The van der Waals surface area contributed by atoms with Gasteiger partial charge in [0.25, 0.3) is 0 Å². The van der Waals surface area contributed by atoms with Crippen LogP contribution in [0.5, 0.6) is 0 Å². The first-order chi connectivity index (χ1) is 15.5. The average Bonchev–Trinajstić information content (AvgIpc) is 3.42. The Labute approximate surface area is 179 Å². The first-order valence-electron chi connectivity index (χ1n) is 9.59. The maximum absolute atomic E-state index is 14.1. The summed E-state index contributed by atoms with van der Waals surface area (Å²) < 4.78 is 33.0. The number of H-pyrrole nitrogens is 1. The van der Waals surface area contributed by atoms with E-state index in [-0.39, 0.29) is 17.0 Å². The SMILES string of the molecule is O=C(O)c1ccc(-c2cc(CN3Cc4[nH]c(-c5cccc(F)c5F)nc4C=N3)on2)cc1. The van der Waals surface area contributed by atoms with Gasteiger partial charge in [0.15, 0.2) is 17.4 Å². The highest BCUT2D eigenvalue weighted by Gasteiger charge is 2.21. The summed E-state index contributed by atoms with van der Waals surface area (Å²) in [5.74, 6) is -2.11. The van der Waals surface area contributed by atoms with Crippen LogP contribution in [0.4, 0.5) is 8.78 Å². The van der Waals surface area contributed by atoms with E-state index in [1.807, 2.05) is 0 Å². The van der Waals surface area contributed by atoms with Crippen molar-refractivity contribution in [1.82, 2.24) is 20.1 Å². The number of carbonyl (C=O) groups is 1. The van der Waals surface area contributed by atoms with E-state index in [9.17, 15) is 13.6 Å². The number of rotatable bonds is 5. The number of nitrogens with one attached hydrogen (secondary N) is 1. The average molecular weight is 435 g/mol. The molecule has 1 aliphatic rings. The third-order valence-electron chi connectivity index (χ3n) is 5.03. The lowest BCUT2D eigenvalue weighted by Crippen LogP contribution is -2.21. The number of hydrogen-bond donors (Lipinski definition) is 2. The number of carboxylic acid groups (broad SMARTS) is 1. The molecule has 32 heavy (non-hydrogen) atoms. The minimum atomic E-state index is -0.998. The van der Waals surface area contributed by atoms with Crippen LogP contribution in [0.1, 0.15) is 27.5 Å². The number of nitrogens with zero attached hydrogens (tertiary/aromatic N) is 4. The summed E-state index contributed by atoms with van der Waals surface area (Å²) >= 11 is 0. The molecule has 0 atom stereocenters. The quantitative estimate of drug-likeness (QED) is 0.490. The second kappa shape index (κ2) is 7.73. The molecule has 0 aliphatic carbocycles. The predicted molar refractivity (Wildman–Crippen MR) is 110 cm³/mol. The fraction of sp³-hybridized carbons (Fsp3) is 0.0909. The molecule has 1 aliphatic heterocycles. The molecule has 4 aromatic rings. The third-order valence-corrected chi connectivity index (χ3v) is 5.03. The van der Waals surface area contributed by atoms with E-state index in [2.05, 4.69) is 20.2 Å². The Morgan fingerprint density at radius 3 is 2.78 bits per heavy atom. The first kappa shape index (κ1) is 19.6. The van der Waals surface area contributed by atoms with Gasteiger partial charge in [-0.25, -0.2) is 18.6 Å². The number of fused-ring (bicyclic) bond motifs is 1. The lowest BCUT2D eigenvalue weighted by Gasteiger charge is -2.19. The summed E-state index contributed by atoms with van der Waals surface area (Å²) in [5, 5.41) is 19.1. The summed E-state index contributed by atoms with van der Waals surface area (Å²) in [7, 11) is 0. The van der Waals surface area contributed by atoms with E-state index < -0.39 is 17.6 Å². The first-order valence-corrected chi connectivity index (χ1v) is 9.59. The van der Waals surface area contributed by atoms with Crippen LogP contribution < -0.4 is 0 Å². The molecule has 0 bridgehead atoms. The van der Waals surface area contributed by atoms with Gasteiger partial charge in [-0.05, 0) is 24.3 Å². The number of aromatic amines is 1. The highest BCUT2D eigenvalue weighted by atomic mass is 19.2. The number of halogens is 2. The van der Waals surface area contributed by atoms with Crippen molar-refractivity contribution in [3.63, 3.8) is 0 Å². The van der Waals surface area contributed by atoms with Crippen molar-refractivity contribution in [2.24, 2.45) is 5.10 Å². The van der Waals surface area contributed by atoms with Gasteiger partial charge in [-0.1, -0.05) is 23.4 Å². The number of aromatic carboxylic acids is 1. The fourth-order valence-electron chi connectivity index (χ4n) is 3.41. The number of aromatic nitrogens is 3. The third kappa shape index (κ3) is 3.62. The Morgan fingerprint density at radius 2 is 2.00 bits per heavy atom. The Balaban J connectivity index is 1.30. The van der Waals surface area contributed by atoms with Crippen LogP contribution in [0.3, 0.4) is 0 Å². The molecule has 0 saturated heterocycles. The van der Waals surface area contributed by atoms with Crippen molar-refractivity contribution in [3.8, 4) is 22.6 Å². The van der Waals surface area contributed by atoms with Gasteiger partial charge in [0.2, 0.25) is 0 Å². The van der Waals surface area contributed by atoms with E-state index in [0.717, 1.165) is 11.6 Å². The van der Waals surface area contributed by atoms with Crippen LogP contribution >= 0.6 is 0 Å². The lowest BCUT2D eigenvalue weighted by atomic mass is 10.1. The zero-order valence-corrected chi connectivity index (χ0v) is 16.4. The maximum Gasteiger partial charge on any atom is 0.335 e. The molecular formula is C22H15F2N5O3. The second-order valence-corrected chi connectivity index (χ2v) is 7.18. The molecule has 0 amide bonds. The van der Waals surface area contributed by atoms with Crippen LogP contribution in [-0.2, 0) is 13.1 Å². The Morgan fingerprint density at radius 1 is 1.19 bits per heavy atom. The molecule has 0 unspecified atom stereocenters. The molecule has 2 N–H and O–H groups in total. The van der Waals surface area contributed by atoms with Crippen LogP contribution in [-0.4, -0.2) is 37.4 Å². The smallest absolute Gasteiger partial charge is 0.335 e. The monoisotopic (exact) mass is 435 g/mol. The number of hydrogen-bond acceptors (Lipinski definition) is 6.